The van der Waals surface area contributed by atoms with Crippen molar-refractivity contribution in [3.63, 3.8) is 0 Å². The Balaban J connectivity index is 1.78. The van der Waals surface area contributed by atoms with Crippen LogP contribution in [0, 0.1) is 0 Å². The van der Waals surface area contributed by atoms with Gasteiger partial charge in [0, 0.05) is 24.5 Å². The lowest BCUT2D eigenvalue weighted by atomic mass is 10.3. The fraction of sp³-hybridized carbons (Fsp3) is 0.333. The second-order valence-electron chi connectivity index (χ2n) is 6.68. The van der Waals surface area contributed by atoms with Crippen LogP contribution in [-0.2, 0) is 26.1 Å². The first-order chi connectivity index (χ1) is 14.9. The molecule has 10 heteroatoms. The molecule has 0 bridgehead atoms. The van der Waals surface area contributed by atoms with Gasteiger partial charge in [-0.2, -0.15) is 4.99 Å². The topological polar surface area (TPSA) is 104 Å². The number of fused-ring (bicyclic) bond motifs is 1. The number of aromatic nitrogens is 1. The van der Waals surface area contributed by atoms with Gasteiger partial charge in [-0.05, 0) is 49.4 Å². The van der Waals surface area contributed by atoms with Crippen molar-refractivity contribution in [3.05, 3.63) is 53.3 Å². The fourth-order valence-electron chi connectivity index (χ4n) is 2.92. The number of hydrogen-bond donors (Lipinski definition) is 1. The summed E-state index contributed by atoms with van der Waals surface area (Å²) in [7, 11) is -3.81. The molecule has 1 amide bonds. The van der Waals surface area contributed by atoms with Gasteiger partial charge in [0.25, 0.3) is 0 Å². The normalized spacial score (nSPS) is 12.5. The number of nitrogens with zero attached hydrogens (tertiary/aromatic N) is 2. The summed E-state index contributed by atoms with van der Waals surface area (Å²) in [6.07, 6.45) is 1.07. The molecule has 1 aromatic heterocycles. The van der Waals surface area contributed by atoms with E-state index in [1.165, 1.54) is 28.4 Å². The van der Waals surface area contributed by atoms with Crippen molar-refractivity contribution in [3.8, 4) is 0 Å². The Kier molecular flexibility index (Phi) is 8.44. The van der Waals surface area contributed by atoms with E-state index in [1.807, 2.05) is 41.8 Å². The van der Waals surface area contributed by atoms with Crippen molar-refractivity contribution in [2.45, 2.75) is 36.1 Å². The number of amides is 1. The highest BCUT2D eigenvalue weighted by atomic mass is 32.2. The van der Waals surface area contributed by atoms with Gasteiger partial charge in [-0.15, -0.1) is 11.8 Å². The van der Waals surface area contributed by atoms with Crippen LogP contribution >= 0.6 is 23.1 Å². The molecule has 0 radical (unpaired) electrons. The van der Waals surface area contributed by atoms with Gasteiger partial charge >= 0.3 is 0 Å². The molecule has 0 fully saturated rings. The summed E-state index contributed by atoms with van der Waals surface area (Å²) in [6, 6.07) is 14.7. The number of thiazole rings is 1. The SMILES string of the molecule is CCOCCn1c(=NC(=O)CCCSc2ccccc2)sc2cc(S(N)(=O)=O)ccc21. The van der Waals surface area contributed by atoms with Crippen LogP contribution in [0.5, 0.6) is 0 Å². The minimum Gasteiger partial charge on any atom is -0.380 e. The van der Waals surface area contributed by atoms with Crippen molar-refractivity contribution in [1.82, 2.24) is 4.57 Å². The Morgan fingerprint density at radius 2 is 2.00 bits per heavy atom. The number of primary sulfonamides is 1. The van der Waals surface area contributed by atoms with Crippen LogP contribution in [0.2, 0.25) is 0 Å². The number of carbonyl (C=O) groups is 1. The number of ether oxygens (including phenoxy) is 1. The zero-order valence-corrected chi connectivity index (χ0v) is 19.6. The van der Waals surface area contributed by atoms with E-state index in [9.17, 15) is 13.2 Å². The van der Waals surface area contributed by atoms with E-state index < -0.39 is 10.0 Å². The predicted octanol–water partition coefficient (Wildman–Crippen LogP) is 3.39. The first-order valence-corrected chi connectivity index (χ1v) is 13.2. The van der Waals surface area contributed by atoms with E-state index >= 15 is 0 Å². The van der Waals surface area contributed by atoms with Gasteiger partial charge < -0.3 is 9.30 Å². The highest BCUT2D eigenvalue weighted by molar-refractivity contribution is 7.99. The van der Waals surface area contributed by atoms with Gasteiger partial charge in [0.05, 0.1) is 21.7 Å². The number of thioether (sulfide) groups is 1. The van der Waals surface area contributed by atoms with Gasteiger partial charge in [0.2, 0.25) is 15.9 Å². The Morgan fingerprint density at radius 1 is 1.23 bits per heavy atom. The Labute approximate surface area is 190 Å². The number of rotatable bonds is 10. The molecule has 166 valence electrons. The molecule has 0 aliphatic carbocycles. The standard InChI is InChI=1S/C21H25N3O4S3/c1-2-28-13-12-24-18-11-10-17(31(22,26)27)15-19(18)30-21(24)23-20(25)9-6-14-29-16-7-4-3-5-8-16/h3-5,7-8,10-11,15H,2,6,9,12-14H2,1H3,(H2,22,26,27). The third kappa shape index (κ3) is 6.75. The van der Waals surface area contributed by atoms with Crippen LogP contribution in [-0.4, -0.2) is 37.9 Å². The van der Waals surface area contributed by atoms with Gasteiger partial charge in [-0.1, -0.05) is 29.5 Å². The van der Waals surface area contributed by atoms with Crippen LogP contribution in [0.1, 0.15) is 19.8 Å². The van der Waals surface area contributed by atoms with E-state index in [0.29, 0.717) is 35.7 Å². The molecule has 7 nitrogen and oxygen atoms in total. The van der Waals surface area contributed by atoms with Crippen molar-refractivity contribution < 1.29 is 17.9 Å². The molecule has 0 aliphatic heterocycles. The number of carbonyl (C=O) groups excluding carboxylic acids is 1. The second kappa shape index (κ2) is 11.1. The average Bonchev–Trinajstić information content (AvgIpc) is 3.08. The highest BCUT2D eigenvalue weighted by Crippen LogP contribution is 2.22. The predicted molar refractivity (Wildman–Crippen MR) is 125 cm³/mol. The maximum Gasteiger partial charge on any atom is 0.248 e. The summed E-state index contributed by atoms with van der Waals surface area (Å²) in [5, 5.41) is 5.25. The summed E-state index contributed by atoms with van der Waals surface area (Å²) >= 11 is 2.98. The molecule has 0 saturated carbocycles. The quantitative estimate of drug-likeness (QED) is 0.355. The molecular weight excluding hydrogens is 454 g/mol. The van der Waals surface area contributed by atoms with Gasteiger partial charge in [-0.25, -0.2) is 13.6 Å². The number of benzene rings is 2. The van der Waals surface area contributed by atoms with E-state index in [0.717, 1.165) is 17.7 Å². The zero-order valence-electron chi connectivity index (χ0n) is 17.2. The second-order valence-corrected chi connectivity index (χ2v) is 10.4. The third-order valence-electron chi connectivity index (χ3n) is 4.41. The maximum absolute atomic E-state index is 12.5. The minimum absolute atomic E-state index is 0.0361. The van der Waals surface area contributed by atoms with Gasteiger partial charge in [-0.3, -0.25) is 4.79 Å². The molecule has 0 atom stereocenters. The van der Waals surface area contributed by atoms with Crippen molar-refractivity contribution in [2.24, 2.45) is 10.1 Å². The Bertz CT molecular complexity index is 1200. The molecule has 0 aliphatic rings. The monoisotopic (exact) mass is 479 g/mol. The molecule has 0 spiro atoms. The maximum atomic E-state index is 12.5. The molecule has 2 N–H and O–H groups in total. The highest BCUT2D eigenvalue weighted by Gasteiger charge is 2.13. The molecule has 1 heterocycles. The first-order valence-electron chi connectivity index (χ1n) is 9.88. The van der Waals surface area contributed by atoms with Crippen molar-refractivity contribution in [2.75, 3.05) is 19.0 Å². The van der Waals surface area contributed by atoms with Crippen molar-refractivity contribution >= 4 is 49.2 Å². The lowest BCUT2D eigenvalue weighted by Gasteiger charge is -2.06. The summed E-state index contributed by atoms with van der Waals surface area (Å²) in [4.78, 5) is 18.5. The number of sulfonamides is 1. The van der Waals surface area contributed by atoms with E-state index in [-0.39, 0.29) is 10.8 Å². The average molecular weight is 480 g/mol. The molecular formula is C21H25N3O4S3. The lowest BCUT2D eigenvalue weighted by Crippen LogP contribution is -2.19. The van der Waals surface area contributed by atoms with Crippen LogP contribution in [0.15, 0.2) is 63.3 Å². The van der Waals surface area contributed by atoms with Crippen LogP contribution in [0.4, 0.5) is 0 Å². The molecule has 2 aromatic carbocycles. The smallest absolute Gasteiger partial charge is 0.248 e. The molecule has 3 aromatic rings. The van der Waals surface area contributed by atoms with Crippen molar-refractivity contribution in [1.29, 1.82) is 0 Å². The summed E-state index contributed by atoms with van der Waals surface area (Å²) < 4.78 is 31.4. The Hall–Kier alpha value is -1.98. The van der Waals surface area contributed by atoms with E-state index in [2.05, 4.69) is 4.99 Å². The van der Waals surface area contributed by atoms with Gasteiger partial charge in [0.1, 0.15) is 0 Å². The fourth-order valence-corrected chi connectivity index (χ4v) is 5.53. The van der Waals surface area contributed by atoms with Crippen LogP contribution in [0.3, 0.4) is 0 Å². The molecule has 3 rings (SSSR count). The number of hydrogen-bond acceptors (Lipinski definition) is 6. The summed E-state index contributed by atoms with van der Waals surface area (Å²) in [5.41, 5.74) is 0.795. The first kappa shape index (κ1) is 23.7. The zero-order chi connectivity index (χ0) is 22.3. The molecule has 0 unspecified atom stereocenters. The van der Waals surface area contributed by atoms with E-state index in [4.69, 9.17) is 9.88 Å². The molecule has 31 heavy (non-hydrogen) atoms. The third-order valence-corrected chi connectivity index (χ3v) is 7.46. The molecule has 0 saturated heterocycles. The lowest BCUT2D eigenvalue weighted by molar-refractivity contribution is -0.118. The van der Waals surface area contributed by atoms with E-state index in [1.54, 1.807) is 17.8 Å². The minimum atomic E-state index is -3.81. The summed E-state index contributed by atoms with van der Waals surface area (Å²) in [6.45, 7) is 3.48. The Morgan fingerprint density at radius 3 is 2.71 bits per heavy atom. The summed E-state index contributed by atoms with van der Waals surface area (Å²) in [5.74, 6) is 0.636. The van der Waals surface area contributed by atoms with Crippen LogP contribution < -0.4 is 9.94 Å². The number of nitrogens with two attached hydrogens (primary N) is 1. The largest absolute Gasteiger partial charge is 0.380 e. The van der Waals surface area contributed by atoms with Crippen LogP contribution in [0.25, 0.3) is 10.2 Å². The van der Waals surface area contributed by atoms with Gasteiger partial charge in [0.15, 0.2) is 4.80 Å².